The Morgan fingerprint density at radius 1 is 1.30 bits per heavy atom. The van der Waals surface area contributed by atoms with Crippen LogP contribution in [0.4, 0.5) is 10.8 Å². The normalized spacial score (nSPS) is 11.8. The molecule has 2 aromatic heterocycles. The van der Waals surface area contributed by atoms with Gasteiger partial charge in [0.25, 0.3) is 0 Å². The van der Waals surface area contributed by atoms with Crippen molar-refractivity contribution in [2.45, 2.75) is 30.0 Å². The summed E-state index contributed by atoms with van der Waals surface area (Å²) in [6.45, 7) is 4.82. The first-order valence-electron chi connectivity index (χ1n) is 8.44. The molecular weight excluding hydrogens is 384 g/mol. The predicted octanol–water partition coefficient (Wildman–Crippen LogP) is 4.26. The Kier molecular flexibility index (Phi) is 6.72. The van der Waals surface area contributed by atoms with Gasteiger partial charge in [0.2, 0.25) is 11.0 Å². The Morgan fingerprint density at radius 2 is 2.15 bits per heavy atom. The number of amides is 1. The van der Waals surface area contributed by atoms with Crippen LogP contribution in [0.3, 0.4) is 0 Å². The fourth-order valence-electron chi connectivity index (χ4n) is 2.20. The molecule has 0 saturated carbocycles. The number of hydrogen-bond acceptors (Lipinski definition) is 8. The molecule has 0 aliphatic heterocycles. The maximum atomic E-state index is 12.5. The summed E-state index contributed by atoms with van der Waals surface area (Å²) < 4.78 is 11.5. The van der Waals surface area contributed by atoms with Gasteiger partial charge in [0.15, 0.2) is 4.34 Å². The van der Waals surface area contributed by atoms with Crippen molar-refractivity contribution in [1.29, 1.82) is 0 Å². The molecule has 27 heavy (non-hydrogen) atoms. The molecule has 0 aliphatic rings. The number of aromatic nitrogens is 2. The number of furan rings is 1. The standard InChI is InChI=1S/C18H20N4O3S2/c1-3-24-15-9-5-4-8-14(15)20-16(23)12(2)26-18-22-21-17(27-18)19-11-13-7-6-10-25-13/h4-10,12H,3,11H2,1-2H3,(H,19,21)(H,20,23)/t12-/m1/s1. The number of hydrogen-bond donors (Lipinski definition) is 2. The minimum Gasteiger partial charge on any atom is -0.492 e. The van der Waals surface area contributed by atoms with E-state index in [-0.39, 0.29) is 11.2 Å². The van der Waals surface area contributed by atoms with E-state index in [2.05, 4.69) is 20.8 Å². The van der Waals surface area contributed by atoms with Crippen LogP contribution < -0.4 is 15.4 Å². The summed E-state index contributed by atoms with van der Waals surface area (Å²) in [7, 11) is 0. The third-order valence-electron chi connectivity index (χ3n) is 3.49. The summed E-state index contributed by atoms with van der Waals surface area (Å²) in [6.07, 6.45) is 1.63. The molecule has 0 fully saturated rings. The molecular formula is C18H20N4O3S2. The molecule has 1 amide bonds. The average molecular weight is 405 g/mol. The number of carbonyl (C=O) groups is 1. The number of benzene rings is 1. The molecule has 2 N–H and O–H groups in total. The number of ether oxygens (including phenoxy) is 1. The molecule has 7 nitrogen and oxygen atoms in total. The van der Waals surface area contributed by atoms with E-state index < -0.39 is 0 Å². The molecule has 9 heteroatoms. The molecule has 0 radical (unpaired) electrons. The van der Waals surface area contributed by atoms with Gasteiger partial charge >= 0.3 is 0 Å². The highest BCUT2D eigenvalue weighted by atomic mass is 32.2. The molecule has 0 aliphatic carbocycles. The molecule has 1 aromatic carbocycles. The second-order valence-corrected chi connectivity index (χ2v) is 8.05. The average Bonchev–Trinajstić information content (AvgIpc) is 3.33. The highest BCUT2D eigenvalue weighted by molar-refractivity contribution is 8.02. The first kappa shape index (κ1) is 19.2. The Morgan fingerprint density at radius 3 is 2.93 bits per heavy atom. The Balaban J connectivity index is 1.54. The van der Waals surface area contributed by atoms with Crippen molar-refractivity contribution >= 4 is 39.8 Å². The van der Waals surface area contributed by atoms with Crippen molar-refractivity contribution < 1.29 is 13.9 Å². The van der Waals surface area contributed by atoms with Crippen LogP contribution in [0.5, 0.6) is 5.75 Å². The van der Waals surface area contributed by atoms with Gasteiger partial charge in [0, 0.05) is 0 Å². The summed E-state index contributed by atoms with van der Waals surface area (Å²) in [5, 5.41) is 14.6. The molecule has 0 saturated heterocycles. The van der Waals surface area contributed by atoms with Crippen LogP contribution in [0.2, 0.25) is 0 Å². The van der Waals surface area contributed by atoms with Gasteiger partial charge in [-0.2, -0.15) is 0 Å². The minimum atomic E-state index is -0.328. The van der Waals surface area contributed by atoms with Gasteiger partial charge in [0.05, 0.1) is 30.4 Å². The lowest BCUT2D eigenvalue weighted by atomic mass is 10.3. The minimum absolute atomic E-state index is 0.118. The topological polar surface area (TPSA) is 89.3 Å². The lowest BCUT2D eigenvalue weighted by Crippen LogP contribution is -2.22. The van der Waals surface area contributed by atoms with Crippen LogP contribution in [0, 0.1) is 0 Å². The van der Waals surface area contributed by atoms with Crippen molar-refractivity contribution in [2.24, 2.45) is 0 Å². The lowest BCUT2D eigenvalue weighted by Gasteiger charge is -2.13. The summed E-state index contributed by atoms with van der Waals surface area (Å²) >= 11 is 2.76. The summed E-state index contributed by atoms with van der Waals surface area (Å²) in [5.41, 5.74) is 0.662. The molecule has 142 valence electrons. The van der Waals surface area contributed by atoms with Crippen molar-refractivity contribution in [3.63, 3.8) is 0 Å². The van der Waals surface area contributed by atoms with Gasteiger partial charge in [-0.25, -0.2) is 0 Å². The van der Waals surface area contributed by atoms with Crippen LogP contribution in [-0.4, -0.2) is 28.0 Å². The monoisotopic (exact) mass is 404 g/mol. The van der Waals surface area contributed by atoms with Crippen LogP contribution in [-0.2, 0) is 11.3 Å². The SMILES string of the molecule is CCOc1ccccc1NC(=O)[C@@H](C)Sc1nnc(NCc2ccco2)s1. The smallest absolute Gasteiger partial charge is 0.237 e. The van der Waals surface area contributed by atoms with Gasteiger partial charge < -0.3 is 19.8 Å². The quantitative estimate of drug-likeness (QED) is 0.515. The largest absolute Gasteiger partial charge is 0.492 e. The van der Waals surface area contributed by atoms with E-state index in [1.165, 1.54) is 23.1 Å². The zero-order valence-electron chi connectivity index (χ0n) is 15.0. The van der Waals surface area contributed by atoms with Crippen molar-refractivity contribution in [2.75, 3.05) is 17.2 Å². The van der Waals surface area contributed by atoms with Crippen molar-refractivity contribution in [1.82, 2.24) is 10.2 Å². The van der Waals surface area contributed by atoms with Crippen LogP contribution in [0.15, 0.2) is 51.4 Å². The van der Waals surface area contributed by atoms with Crippen LogP contribution in [0.25, 0.3) is 0 Å². The lowest BCUT2D eigenvalue weighted by molar-refractivity contribution is -0.115. The van der Waals surface area contributed by atoms with E-state index in [4.69, 9.17) is 9.15 Å². The maximum Gasteiger partial charge on any atom is 0.237 e. The summed E-state index contributed by atoms with van der Waals surface area (Å²) in [5.74, 6) is 1.36. The van der Waals surface area contributed by atoms with E-state index in [9.17, 15) is 4.79 Å². The predicted molar refractivity (Wildman–Crippen MR) is 108 cm³/mol. The van der Waals surface area contributed by atoms with Crippen molar-refractivity contribution in [3.05, 3.63) is 48.4 Å². The zero-order chi connectivity index (χ0) is 19.1. The molecule has 2 heterocycles. The second-order valence-electron chi connectivity index (χ2n) is 5.48. The Bertz CT molecular complexity index is 867. The summed E-state index contributed by atoms with van der Waals surface area (Å²) in [6, 6.07) is 11.1. The van der Waals surface area contributed by atoms with Crippen LogP contribution in [0.1, 0.15) is 19.6 Å². The van der Waals surface area contributed by atoms with E-state index in [0.717, 1.165) is 10.1 Å². The van der Waals surface area contributed by atoms with E-state index in [1.54, 1.807) is 6.26 Å². The van der Waals surface area contributed by atoms with Gasteiger partial charge in [-0.15, -0.1) is 10.2 Å². The number of carbonyl (C=O) groups excluding carboxylic acids is 1. The maximum absolute atomic E-state index is 12.5. The number of nitrogens with one attached hydrogen (secondary N) is 2. The zero-order valence-corrected chi connectivity index (χ0v) is 16.6. The Hall–Kier alpha value is -2.52. The third-order valence-corrected chi connectivity index (χ3v) is 5.56. The van der Waals surface area contributed by atoms with Crippen LogP contribution >= 0.6 is 23.1 Å². The highest BCUT2D eigenvalue weighted by Crippen LogP contribution is 2.30. The number of thioether (sulfide) groups is 1. The van der Waals surface area contributed by atoms with Gasteiger partial charge in [-0.05, 0) is 38.1 Å². The molecule has 3 rings (SSSR count). The van der Waals surface area contributed by atoms with Gasteiger partial charge in [0.1, 0.15) is 11.5 Å². The van der Waals surface area contributed by atoms with E-state index in [1.807, 2.05) is 50.2 Å². The number of rotatable bonds is 9. The Labute approximate surface area is 165 Å². The first-order valence-corrected chi connectivity index (χ1v) is 10.1. The van der Waals surface area contributed by atoms with E-state index in [0.29, 0.717) is 29.7 Å². The van der Waals surface area contributed by atoms with E-state index >= 15 is 0 Å². The molecule has 3 aromatic rings. The van der Waals surface area contributed by atoms with Gasteiger partial charge in [-0.3, -0.25) is 4.79 Å². The molecule has 0 spiro atoms. The fourth-order valence-corrected chi connectivity index (χ4v) is 4.09. The number of anilines is 2. The first-order chi connectivity index (χ1) is 13.2. The van der Waals surface area contributed by atoms with Gasteiger partial charge in [-0.1, -0.05) is 35.2 Å². The van der Waals surface area contributed by atoms with Crippen molar-refractivity contribution in [3.8, 4) is 5.75 Å². The molecule has 0 bridgehead atoms. The second kappa shape index (κ2) is 9.43. The number of nitrogens with zero attached hydrogens (tertiary/aromatic N) is 2. The summed E-state index contributed by atoms with van der Waals surface area (Å²) in [4.78, 5) is 12.5. The fraction of sp³-hybridized carbons (Fsp3) is 0.278. The molecule has 0 unspecified atom stereocenters. The highest BCUT2D eigenvalue weighted by Gasteiger charge is 2.18. The molecule has 1 atom stereocenters. The third kappa shape index (κ3) is 5.48. The number of para-hydroxylation sites is 2.